The molecule has 0 aliphatic rings. The fourth-order valence-corrected chi connectivity index (χ4v) is 1.11. The Kier molecular flexibility index (Phi) is 3.56. The van der Waals surface area contributed by atoms with Gasteiger partial charge in [0, 0.05) is 6.20 Å². The van der Waals surface area contributed by atoms with Gasteiger partial charge in [-0.05, 0) is 18.1 Å². The van der Waals surface area contributed by atoms with Gasteiger partial charge in [-0.25, -0.2) is 4.98 Å². The lowest BCUT2D eigenvalue weighted by molar-refractivity contribution is -0.142. The lowest BCUT2D eigenvalue weighted by atomic mass is 10.1. The molecule has 1 atom stereocenters. The number of pyridine rings is 1. The van der Waals surface area contributed by atoms with Gasteiger partial charge in [0.25, 0.3) is 0 Å². The van der Waals surface area contributed by atoms with Gasteiger partial charge in [0.15, 0.2) is 0 Å². The number of hydrogen-bond donors (Lipinski definition) is 2. The molecule has 0 radical (unpaired) electrons. The van der Waals surface area contributed by atoms with Crippen molar-refractivity contribution in [2.45, 2.75) is 12.5 Å². The van der Waals surface area contributed by atoms with Gasteiger partial charge in [-0.15, -0.1) is 0 Å². The number of aromatic nitrogens is 1. The van der Waals surface area contributed by atoms with Gasteiger partial charge < -0.3 is 16.2 Å². The van der Waals surface area contributed by atoms with Gasteiger partial charge in [-0.1, -0.05) is 0 Å². The Morgan fingerprint density at radius 1 is 1.73 bits per heavy atom. The highest BCUT2D eigenvalue weighted by Gasteiger charge is 2.15. The van der Waals surface area contributed by atoms with Crippen LogP contribution in [0.5, 0.6) is 0 Å². The highest BCUT2D eigenvalue weighted by molar-refractivity contribution is 5.75. The summed E-state index contributed by atoms with van der Waals surface area (Å²) in [5, 5.41) is 0. The van der Waals surface area contributed by atoms with Gasteiger partial charge in [-0.2, -0.15) is 4.39 Å². The number of esters is 1. The first-order valence-corrected chi connectivity index (χ1v) is 4.28. The summed E-state index contributed by atoms with van der Waals surface area (Å²) >= 11 is 0. The van der Waals surface area contributed by atoms with Crippen LogP contribution in [0.3, 0.4) is 0 Å². The molecule has 5 nitrogen and oxygen atoms in total. The number of nitrogens with two attached hydrogens (primary N) is 2. The topological polar surface area (TPSA) is 91.2 Å². The van der Waals surface area contributed by atoms with Gasteiger partial charge >= 0.3 is 5.97 Å². The largest absolute Gasteiger partial charge is 0.468 e. The maximum absolute atomic E-state index is 12.7. The summed E-state index contributed by atoms with van der Waals surface area (Å²) in [6.07, 6.45) is 1.50. The summed E-state index contributed by atoms with van der Waals surface area (Å²) in [7, 11) is 1.25. The molecule has 0 fully saturated rings. The summed E-state index contributed by atoms with van der Waals surface area (Å²) in [6, 6.07) is 0.604. The third-order valence-electron chi connectivity index (χ3n) is 1.88. The second-order valence-corrected chi connectivity index (χ2v) is 3.06. The first-order valence-electron chi connectivity index (χ1n) is 4.28. The molecule has 0 spiro atoms. The van der Waals surface area contributed by atoms with E-state index in [-0.39, 0.29) is 12.1 Å². The lowest BCUT2D eigenvalue weighted by Gasteiger charge is -2.09. The fourth-order valence-electron chi connectivity index (χ4n) is 1.11. The monoisotopic (exact) mass is 213 g/mol. The van der Waals surface area contributed by atoms with Crippen LogP contribution in [0.15, 0.2) is 12.3 Å². The van der Waals surface area contributed by atoms with Crippen LogP contribution in [0.2, 0.25) is 0 Å². The van der Waals surface area contributed by atoms with Crippen molar-refractivity contribution >= 4 is 11.7 Å². The summed E-state index contributed by atoms with van der Waals surface area (Å²) in [6.45, 7) is 0. The molecule has 0 amide bonds. The van der Waals surface area contributed by atoms with Crippen LogP contribution in [0.25, 0.3) is 0 Å². The number of halogens is 1. The summed E-state index contributed by atoms with van der Waals surface area (Å²) < 4.78 is 17.2. The third-order valence-corrected chi connectivity index (χ3v) is 1.88. The van der Waals surface area contributed by atoms with Gasteiger partial charge in [0.2, 0.25) is 5.95 Å². The molecule has 82 valence electrons. The molecular formula is C9H12FN3O2. The van der Waals surface area contributed by atoms with E-state index in [0.29, 0.717) is 5.56 Å². The Bertz CT molecular complexity index is 370. The minimum atomic E-state index is -0.790. The Morgan fingerprint density at radius 2 is 2.40 bits per heavy atom. The molecule has 0 bridgehead atoms. The predicted molar refractivity (Wildman–Crippen MR) is 52.3 cm³/mol. The van der Waals surface area contributed by atoms with Gasteiger partial charge in [0.05, 0.1) is 12.8 Å². The zero-order valence-corrected chi connectivity index (χ0v) is 8.24. The maximum atomic E-state index is 12.7. The minimum Gasteiger partial charge on any atom is -0.468 e. The first-order chi connectivity index (χ1) is 7.04. The van der Waals surface area contributed by atoms with Crippen LogP contribution in [-0.4, -0.2) is 24.1 Å². The van der Waals surface area contributed by atoms with E-state index in [4.69, 9.17) is 11.5 Å². The van der Waals surface area contributed by atoms with Crippen molar-refractivity contribution in [1.29, 1.82) is 0 Å². The van der Waals surface area contributed by atoms with Crippen molar-refractivity contribution in [2.75, 3.05) is 12.8 Å². The number of ether oxygens (including phenoxy) is 1. The van der Waals surface area contributed by atoms with E-state index in [1.54, 1.807) is 0 Å². The van der Waals surface area contributed by atoms with Crippen molar-refractivity contribution < 1.29 is 13.9 Å². The second kappa shape index (κ2) is 4.70. The number of methoxy groups -OCH3 is 1. The highest BCUT2D eigenvalue weighted by Crippen LogP contribution is 2.10. The summed E-state index contributed by atoms with van der Waals surface area (Å²) in [5.41, 5.74) is 11.3. The maximum Gasteiger partial charge on any atom is 0.322 e. The van der Waals surface area contributed by atoms with Gasteiger partial charge in [0.1, 0.15) is 6.04 Å². The molecule has 0 aliphatic carbocycles. The van der Waals surface area contributed by atoms with E-state index in [1.165, 1.54) is 19.4 Å². The van der Waals surface area contributed by atoms with Crippen LogP contribution < -0.4 is 11.5 Å². The summed E-state index contributed by atoms with van der Waals surface area (Å²) in [4.78, 5) is 14.4. The van der Waals surface area contributed by atoms with Crippen molar-refractivity contribution in [1.82, 2.24) is 4.98 Å². The zero-order chi connectivity index (χ0) is 11.4. The van der Waals surface area contributed by atoms with Crippen LogP contribution in [0.1, 0.15) is 5.56 Å². The first kappa shape index (κ1) is 11.4. The standard InChI is InChI=1S/C9H12FN3O2/c1-15-9(14)7(12)3-5-2-6(11)8(10)13-4-5/h2,4,7H,3,11-12H2,1H3/t7-/m0/s1. The number of carbonyl (C=O) groups excluding carboxylic acids is 1. The number of nitrogens with zero attached hydrogens (tertiary/aromatic N) is 1. The van der Waals surface area contributed by atoms with Crippen molar-refractivity contribution in [3.8, 4) is 0 Å². The van der Waals surface area contributed by atoms with Crippen molar-refractivity contribution in [3.63, 3.8) is 0 Å². The predicted octanol–water partition coefficient (Wildman–Crippen LogP) is -0.154. The average molecular weight is 213 g/mol. The molecule has 0 aliphatic heterocycles. The smallest absolute Gasteiger partial charge is 0.322 e. The van der Waals surface area contributed by atoms with Crippen LogP contribution in [0, 0.1) is 5.95 Å². The van der Waals surface area contributed by atoms with E-state index in [1.807, 2.05) is 0 Å². The third kappa shape index (κ3) is 2.88. The number of nitrogen functional groups attached to an aromatic ring is 1. The van der Waals surface area contributed by atoms with Crippen LogP contribution in [-0.2, 0) is 16.0 Å². The van der Waals surface area contributed by atoms with E-state index in [2.05, 4.69) is 9.72 Å². The molecule has 1 heterocycles. The molecule has 0 unspecified atom stereocenters. The average Bonchev–Trinajstić information content (AvgIpc) is 2.22. The molecule has 1 rings (SSSR count). The molecule has 1 aromatic rings. The Morgan fingerprint density at radius 3 is 2.93 bits per heavy atom. The number of hydrogen-bond acceptors (Lipinski definition) is 5. The molecule has 4 N–H and O–H groups in total. The van der Waals surface area contributed by atoms with E-state index in [0.717, 1.165) is 0 Å². The van der Waals surface area contributed by atoms with E-state index in [9.17, 15) is 9.18 Å². The van der Waals surface area contributed by atoms with Crippen molar-refractivity contribution in [3.05, 3.63) is 23.8 Å². The fraction of sp³-hybridized carbons (Fsp3) is 0.333. The normalized spacial score (nSPS) is 12.2. The summed E-state index contributed by atoms with van der Waals surface area (Å²) in [5.74, 6) is -1.26. The van der Waals surface area contributed by atoms with E-state index >= 15 is 0 Å². The van der Waals surface area contributed by atoms with E-state index < -0.39 is 18.0 Å². The Labute approximate surface area is 86.2 Å². The molecule has 15 heavy (non-hydrogen) atoms. The van der Waals surface area contributed by atoms with Crippen LogP contribution >= 0.6 is 0 Å². The molecular weight excluding hydrogens is 201 g/mol. The highest BCUT2D eigenvalue weighted by atomic mass is 19.1. The molecule has 0 saturated heterocycles. The molecule has 0 saturated carbocycles. The molecule has 6 heteroatoms. The zero-order valence-electron chi connectivity index (χ0n) is 8.24. The second-order valence-electron chi connectivity index (χ2n) is 3.06. The van der Waals surface area contributed by atoms with Crippen molar-refractivity contribution in [2.24, 2.45) is 5.73 Å². The SMILES string of the molecule is COC(=O)[C@@H](N)Cc1cnc(F)c(N)c1. The number of carbonyl (C=O) groups is 1. The number of anilines is 1. The quantitative estimate of drug-likeness (QED) is 0.538. The minimum absolute atomic E-state index is 0.0652. The number of rotatable bonds is 3. The van der Waals surface area contributed by atoms with Crippen LogP contribution in [0.4, 0.5) is 10.1 Å². The lowest BCUT2D eigenvalue weighted by Crippen LogP contribution is -2.33. The Hall–Kier alpha value is -1.69. The Balaban J connectivity index is 2.73. The molecule has 0 aromatic carbocycles. The molecule has 1 aromatic heterocycles. The van der Waals surface area contributed by atoms with Gasteiger partial charge in [-0.3, -0.25) is 4.79 Å².